The lowest BCUT2D eigenvalue weighted by Crippen LogP contribution is -2.41. The third-order valence-corrected chi connectivity index (χ3v) is 3.99. The van der Waals surface area contributed by atoms with Crippen molar-refractivity contribution in [3.63, 3.8) is 0 Å². The molecule has 1 atom stereocenters. The van der Waals surface area contributed by atoms with Gasteiger partial charge in [-0.1, -0.05) is 13.8 Å². The highest BCUT2D eigenvalue weighted by molar-refractivity contribution is 5.88. The molecule has 0 saturated carbocycles. The van der Waals surface area contributed by atoms with Crippen molar-refractivity contribution < 1.29 is 19.1 Å². The van der Waals surface area contributed by atoms with Gasteiger partial charge in [-0.3, -0.25) is 4.79 Å². The van der Waals surface area contributed by atoms with E-state index in [0.29, 0.717) is 41.0 Å². The standard InChI is InChI=1S/C20H27N5O4/c1-12(2)9-20(5,29-19(21)27)10-28-17-7-6-15(24-13(17)3)16-8-18(23-11-22-16)25-14(4)26/h6-8,11-12H,9-10H2,1-5H3,(H2,21,27)(H,22,23,25,26). The van der Waals surface area contributed by atoms with E-state index in [-0.39, 0.29) is 12.5 Å². The maximum atomic E-state index is 11.3. The van der Waals surface area contributed by atoms with E-state index in [1.807, 2.05) is 20.8 Å². The van der Waals surface area contributed by atoms with Crippen molar-refractivity contribution in [1.29, 1.82) is 0 Å². The van der Waals surface area contributed by atoms with E-state index >= 15 is 0 Å². The predicted octanol–water partition coefficient (Wildman–Crippen LogP) is 3.08. The van der Waals surface area contributed by atoms with Gasteiger partial charge in [0.2, 0.25) is 5.91 Å². The van der Waals surface area contributed by atoms with Gasteiger partial charge in [0.15, 0.2) is 0 Å². The number of ether oxygens (including phenoxy) is 2. The second-order valence-electron chi connectivity index (χ2n) is 7.51. The monoisotopic (exact) mass is 401 g/mol. The number of aryl methyl sites for hydroxylation is 1. The van der Waals surface area contributed by atoms with Crippen LogP contribution in [-0.2, 0) is 9.53 Å². The molecule has 0 fully saturated rings. The van der Waals surface area contributed by atoms with Crippen LogP contribution >= 0.6 is 0 Å². The summed E-state index contributed by atoms with van der Waals surface area (Å²) in [4.78, 5) is 35.2. The van der Waals surface area contributed by atoms with Crippen LogP contribution in [0.15, 0.2) is 24.5 Å². The molecule has 9 nitrogen and oxygen atoms in total. The van der Waals surface area contributed by atoms with Crippen molar-refractivity contribution in [2.45, 2.75) is 46.6 Å². The van der Waals surface area contributed by atoms with Crippen molar-refractivity contribution in [3.8, 4) is 17.1 Å². The number of nitrogens with two attached hydrogens (primary N) is 1. The summed E-state index contributed by atoms with van der Waals surface area (Å²) in [6.07, 6.45) is 1.13. The first kappa shape index (κ1) is 22.1. The van der Waals surface area contributed by atoms with Crippen LogP contribution in [0.5, 0.6) is 5.75 Å². The van der Waals surface area contributed by atoms with Gasteiger partial charge < -0.3 is 20.5 Å². The zero-order valence-corrected chi connectivity index (χ0v) is 17.4. The number of nitrogens with zero attached hydrogens (tertiary/aromatic N) is 3. The van der Waals surface area contributed by atoms with Crippen molar-refractivity contribution in [1.82, 2.24) is 15.0 Å². The molecule has 0 aromatic carbocycles. The number of carbonyl (C=O) groups is 2. The Morgan fingerprint density at radius 2 is 1.97 bits per heavy atom. The largest absolute Gasteiger partial charge is 0.488 e. The second kappa shape index (κ2) is 9.31. The highest BCUT2D eigenvalue weighted by atomic mass is 16.6. The van der Waals surface area contributed by atoms with Gasteiger partial charge >= 0.3 is 6.09 Å². The minimum absolute atomic E-state index is 0.149. The summed E-state index contributed by atoms with van der Waals surface area (Å²) in [5.41, 5.74) is 6.20. The maximum Gasteiger partial charge on any atom is 0.405 e. The van der Waals surface area contributed by atoms with Crippen LogP contribution in [0.25, 0.3) is 11.4 Å². The Labute approximate surface area is 170 Å². The van der Waals surface area contributed by atoms with Crippen LogP contribution < -0.4 is 15.8 Å². The third kappa shape index (κ3) is 6.70. The molecule has 0 radical (unpaired) electrons. The molecule has 0 saturated heterocycles. The first-order valence-electron chi connectivity index (χ1n) is 9.27. The molecule has 2 aromatic rings. The third-order valence-electron chi connectivity index (χ3n) is 3.99. The second-order valence-corrected chi connectivity index (χ2v) is 7.51. The fraction of sp³-hybridized carbons (Fsp3) is 0.450. The lowest BCUT2D eigenvalue weighted by Gasteiger charge is -2.30. The van der Waals surface area contributed by atoms with Crippen LogP contribution in [0.4, 0.5) is 10.6 Å². The van der Waals surface area contributed by atoms with Gasteiger partial charge in [-0.2, -0.15) is 0 Å². The highest BCUT2D eigenvalue weighted by Crippen LogP contribution is 2.26. The highest BCUT2D eigenvalue weighted by Gasteiger charge is 2.30. The average molecular weight is 401 g/mol. The van der Waals surface area contributed by atoms with E-state index < -0.39 is 11.7 Å². The molecular formula is C20H27N5O4. The van der Waals surface area contributed by atoms with Crippen molar-refractivity contribution in [3.05, 3.63) is 30.2 Å². The maximum absolute atomic E-state index is 11.3. The zero-order chi connectivity index (χ0) is 21.6. The van der Waals surface area contributed by atoms with Gasteiger partial charge in [-0.25, -0.2) is 19.7 Å². The van der Waals surface area contributed by atoms with Gasteiger partial charge in [-0.15, -0.1) is 0 Å². The molecule has 0 bridgehead atoms. The van der Waals surface area contributed by atoms with E-state index in [9.17, 15) is 9.59 Å². The van der Waals surface area contributed by atoms with E-state index in [2.05, 4.69) is 20.3 Å². The number of carbonyl (C=O) groups excluding carboxylic acids is 2. The van der Waals surface area contributed by atoms with E-state index in [1.54, 1.807) is 25.1 Å². The van der Waals surface area contributed by atoms with Gasteiger partial charge in [0, 0.05) is 13.0 Å². The molecular weight excluding hydrogens is 374 g/mol. The number of primary amides is 1. The fourth-order valence-corrected chi connectivity index (χ4v) is 3.06. The number of anilines is 1. The molecule has 2 amide bonds. The lowest BCUT2D eigenvalue weighted by molar-refractivity contribution is -0.114. The molecule has 3 N–H and O–H groups in total. The number of nitrogens with one attached hydrogen (secondary N) is 1. The van der Waals surface area contributed by atoms with Crippen LogP contribution in [0.2, 0.25) is 0 Å². The molecule has 0 aliphatic carbocycles. The SMILES string of the molecule is CC(=O)Nc1cc(-c2ccc(OCC(C)(CC(C)C)OC(N)=O)c(C)n2)ncn1. The Balaban J connectivity index is 2.17. The summed E-state index contributed by atoms with van der Waals surface area (Å²) < 4.78 is 11.2. The summed E-state index contributed by atoms with van der Waals surface area (Å²) in [6, 6.07) is 5.18. The van der Waals surface area contributed by atoms with Crippen LogP contribution in [-0.4, -0.2) is 39.2 Å². The Kier molecular flexibility index (Phi) is 7.08. The summed E-state index contributed by atoms with van der Waals surface area (Å²) in [5, 5.41) is 2.61. The number of rotatable bonds is 8. The number of hydrogen-bond donors (Lipinski definition) is 2. The lowest BCUT2D eigenvalue weighted by atomic mass is 9.95. The van der Waals surface area contributed by atoms with E-state index in [4.69, 9.17) is 15.2 Å². The molecule has 1 unspecified atom stereocenters. The Hall–Kier alpha value is -3.23. The first-order valence-corrected chi connectivity index (χ1v) is 9.27. The Bertz CT molecular complexity index is 887. The molecule has 2 rings (SSSR count). The van der Waals surface area contributed by atoms with Crippen molar-refractivity contribution in [2.24, 2.45) is 11.7 Å². The van der Waals surface area contributed by atoms with Crippen LogP contribution in [0.3, 0.4) is 0 Å². The summed E-state index contributed by atoms with van der Waals surface area (Å²) in [5.74, 6) is 1.04. The smallest absolute Gasteiger partial charge is 0.405 e. The van der Waals surface area contributed by atoms with Gasteiger partial charge in [0.05, 0.1) is 17.1 Å². The fourth-order valence-electron chi connectivity index (χ4n) is 3.06. The van der Waals surface area contributed by atoms with Gasteiger partial charge in [0.1, 0.15) is 30.1 Å². The van der Waals surface area contributed by atoms with Crippen LogP contribution in [0.1, 0.15) is 39.8 Å². The van der Waals surface area contributed by atoms with E-state index in [0.717, 1.165) is 0 Å². The Morgan fingerprint density at radius 3 is 2.55 bits per heavy atom. The minimum Gasteiger partial charge on any atom is -0.488 e. The summed E-state index contributed by atoms with van der Waals surface area (Å²) >= 11 is 0. The molecule has 0 aliphatic rings. The topological polar surface area (TPSA) is 129 Å². The normalized spacial score (nSPS) is 12.9. The number of amides is 2. The van der Waals surface area contributed by atoms with Gasteiger partial charge in [0.25, 0.3) is 0 Å². The molecule has 2 aromatic heterocycles. The number of pyridine rings is 1. The molecule has 9 heteroatoms. The Morgan fingerprint density at radius 1 is 1.24 bits per heavy atom. The summed E-state index contributed by atoms with van der Waals surface area (Å²) in [7, 11) is 0. The van der Waals surface area contributed by atoms with E-state index in [1.165, 1.54) is 13.3 Å². The first-order chi connectivity index (χ1) is 13.6. The van der Waals surface area contributed by atoms with Crippen molar-refractivity contribution in [2.75, 3.05) is 11.9 Å². The molecule has 156 valence electrons. The molecule has 29 heavy (non-hydrogen) atoms. The molecule has 2 heterocycles. The molecule has 0 aliphatic heterocycles. The number of hydrogen-bond acceptors (Lipinski definition) is 7. The number of aromatic nitrogens is 3. The zero-order valence-electron chi connectivity index (χ0n) is 17.4. The predicted molar refractivity (Wildman–Crippen MR) is 108 cm³/mol. The molecule has 0 spiro atoms. The quantitative estimate of drug-likeness (QED) is 0.695. The minimum atomic E-state index is -0.842. The average Bonchev–Trinajstić information content (AvgIpc) is 2.59. The van der Waals surface area contributed by atoms with Crippen LogP contribution in [0, 0.1) is 12.8 Å². The van der Waals surface area contributed by atoms with Crippen molar-refractivity contribution >= 4 is 17.8 Å². The van der Waals surface area contributed by atoms with Gasteiger partial charge in [-0.05, 0) is 38.3 Å². The summed E-state index contributed by atoms with van der Waals surface area (Å²) in [6.45, 7) is 9.21.